The van der Waals surface area contributed by atoms with Gasteiger partial charge in [-0.15, -0.1) is 11.3 Å². The zero-order chi connectivity index (χ0) is 20.6. The van der Waals surface area contributed by atoms with E-state index in [4.69, 9.17) is 4.74 Å². The van der Waals surface area contributed by atoms with Crippen molar-refractivity contribution in [2.24, 2.45) is 0 Å². The Labute approximate surface area is 181 Å². The highest BCUT2D eigenvalue weighted by Gasteiger charge is 2.13. The second-order valence-corrected chi connectivity index (χ2v) is 8.30. The number of rotatable bonds is 8. The zero-order valence-electron chi connectivity index (χ0n) is 17.0. The number of piperidine rings is 1. The van der Waals surface area contributed by atoms with Crippen molar-refractivity contribution in [1.82, 2.24) is 15.2 Å². The number of ether oxygens (including phenoxy) is 1. The standard InChI is InChI=1S/C24H27N3O2S/c28-24(19-9-6-10-23(13-19)29-16-22-17-30-18-26-22)25-14-20-7-2-3-8-21(20)15-27-11-4-1-5-12-27/h2-3,6-10,13,17-18H,1,4-5,11-12,14-16H2,(H,25,28). The van der Waals surface area contributed by atoms with Crippen LogP contribution in [0.2, 0.25) is 0 Å². The van der Waals surface area contributed by atoms with Crippen molar-refractivity contribution in [1.29, 1.82) is 0 Å². The van der Waals surface area contributed by atoms with Crippen LogP contribution in [-0.2, 0) is 19.7 Å². The second kappa shape index (κ2) is 10.4. The first-order chi connectivity index (χ1) is 14.8. The van der Waals surface area contributed by atoms with Gasteiger partial charge < -0.3 is 10.1 Å². The van der Waals surface area contributed by atoms with Crippen LogP contribution in [0.5, 0.6) is 5.75 Å². The Bertz CT molecular complexity index is 953. The predicted molar refractivity (Wildman–Crippen MR) is 120 cm³/mol. The first kappa shape index (κ1) is 20.6. The highest BCUT2D eigenvalue weighted by Crippen LogP contribution is 2.18. The van der Waals surface area contributed by atoms with Gasteiger partial charge in [-0.25, -0.2) is 4.98 Å². The second-order valence-electron chi connectivity index (χ2n) is 7.58. The molecule has 2 aromatic carbocycles. The van der Waals surface area contributed by atoms with Gasteiger partial charge >= 0.3 is 0 Å². The first-order valence-electron chi connectivity index (χ1n) is 10.5. The number of hydrogen-bond donors (Lipinski definition) is 1. The fourth-order valence-corrected chi connectivity index (χ4v) is 4.26. The Morgan fingerprint density at radius 2 is 1.90 bits per heavy atom. The molecule has 1 aromatic heterocycles. The lowest BCUT2D eigenvalue weighted by molar-refractivity contribution is 0.0950. The van der Waals surface area contributed by atoms with Crippen molar-refractivity contribution >= 4 is 17.2 Å². The quantitative estimate of drug-likeness (QED) is 0.576. The van der Waals surface area contributed by atoms with Gasteiger partial charge in [0, 0.05) is 24.0 Å². The number of benzene rings is 2. The van der Waals surface area contributed by atoms with Gasteiger partial charge in [0.1, 0.15) is 12.4 Å². The molecule has 1 saturated heterocycles. The van der Waals surface area contributed by atoms with Crippen molar-refractivity contribution in [2.75, 3.05) is 13.1 Å². The SMILES string of the molecule is O=C(NCc1ccccc1CN1CCCCC1)c1cccc(OCc2cscn2)c1. The summed E-state index contributed by atoms with van der Waals surface area (Å²) < 4.78 is 5.77. The van der Waals surface area contributed by atoms with Gasteiger partial charge in [0.25, 0.3) is 5.91 Å². The maximum atomic E-state index is 12.7. The molecule has 0 spiro atoms. The van der Waals surface area contributed by atoms with Crippen molar-refractivity contribution in [3.05, 3.63) is 81.8 Å². The number of carbonyl (C=O) groups is 1. The Morgan fingerprint density at radius 1 is 1.07 bits per heavy atom. The van der Waals surface area contributed by atoms with Gasteiger partial charge in [-0.1, -0.05) is 36.8 Å². The maximum absolute atomic E-state index is 12.7. The Balaban J connectivity index is 1.35. The Kier molecular flexibility index (Phi) is 7.11. The lowest BCUT2D eigenvalue weighted by atomic mass is 10.0. The van der Waals surface area contributed by atoms with Crippen LogP contribution < -0.4 is 10.1 Å². The molecule has 1 aliphatic rings. The fourth-order valence-electron chi connectivity index (χ4n) is 3.71. The molecule has 2 heterocycles. The summed E-state index contributed by atoms with van der Waals surface area (Å²) in [4.78, 5) is 19.4. The molecule has 3 aromatic rings. The average Bonchev–Trinajstić information content (AvgIpc) is 3.32. The molecule has 0 atom stereocenters. The Morgan fingerprint density at radius 3 is 2.70 bits per heavy atom. The lowest BCUT2D eigenvalue weighted by Crippen LogP contribution is -2.30. The van der Waals surface area contributed by atoms with Crippen molar-refractivity contribution in [3.63, 3.8) is 0 Å². The molecule has 4 rings (SSSR count). The normalized spacial score (nSPS) is 14.4. The van der Waals surface area contributed by atoms with Gasteiger partial charge in [0.05, 0.1) is 11.2 Å². The number of thiazole rings is 1. The van der Waals surface area contributed by atoms with E-state index in [-0.39, 0.29) is 5.91 Å². The molecule has 1 N–H and O–H groups in total. The van der Waals surface area contributed by atoms with E-state index < -0.39 is 0 Å². The number of carbonyl (C=O) groups excluding carboxylic acids is 1. The van der Waals surface area contributed by atoms with E-state index in [9.17, 15) is 4.79 Å². The lowest BCUT2D eigenvalue weighted by Gasteiger charge is -2.27. The van der Waals surface area contributed by atoms with Gasteiger partial charge in [0.2, 0.25) is 0 Å². The van der Waals surface area contributed by atoms with Crippen LogP contribution >= 0.6 is 11.3 Å². The molecular weight excluding hydrogens is 394 g/mol. The van der Waals surface area contributed by atoms with Crippen LogP contribution in [0, 0.1) is 0 Å². The Hall–Kier alpha value is -2.70. The van der Waals surface area contributed by atoms with Gasteiger partial charge in [-0.3, -0.25) is 9.69 Å². The minimum atomic E-state index is -0.0955. The van der Waals surface area contributed by atoms with Crippen molar-refractivity contribution < 1.29 is 9.53 Å². The summed E-state index contributed by atoms with van der Waals surface area (Å²) in [5.41, 5.74) is 5.73. The van der Waals surface area contributed by atoms with Crippen LogP contribution in [0.4, 0.5) is 0 Å². The third kappa shape index (κ3) is 5.68. The van der Waals surface area contributed by atoms with Crippen LogP contribution in [0.25, 0.3) is 0 Å². The third-order valence-electron chi connectivity index (χ3n) is 5.37. The fraction of sp³-hybridized carbons (Fsp3) is 0.333. The summed E-state index contributed by atoms with van der Waals surface area (Å²) in [7, 11) is 0. The van der Waals surface area contributed by atoms with Crippen LogP contribution in [0.1, 0.15) is 46.4 Å². The minimum Gasteiger partial charge on any atom is -0.487 e. The van der Waals surface area contributed by atoms with Gasteiger partial charge in [-0.2, -0.15) is 0 Å². The molecule has 0 unspecified atom stereocenters. The molecule has 156 valence electrons. The molecule has 1 amide bonds. The van der Waals surface area contributed by atoms with E-state index >= 15 is 0 Å². The van der Waals surface area contributed by atoms with Crippen molar-refractivity contribution in [3.8, 4) is 5.75 Å². The summed E-state index contributed by atoms with van der Waals surface area (Å²) in [5.74, 6) is 0.572. The smallest absolute Gasteiger partial charge is 0.251 e. The monoisotopic (exact) mass is 421 g/mol. The summed E-state index contributed by atoms with van der Waals surface area (Å²) in [6, 6.07) is 15.7. The molecule has 1 fully saturated rings. The van der Waals surface area contributed by atoms with E-state index in [0.717, 1.165) is 25.3 Å². The maximum Gasteiger partial charge on any atom is 0.251 e. The predicted octanol–water partition coefficient (Wildman–Crippen LogP) is 4.64. The zero-order valence-corrected chi connectivity index (χ0v) is 17.9. The molecule has 5 nitrogen and oxygen atoms in total. The summed E-state index contributed by atoms with van der Waals surface area (Å²) in [5, 5.41) is 5.02. The van der Waals surface area contributed by atoms with Gasteiger partial charge in [0.15, 0.2) is 0 Å². The van der Waals surface area contributed by atoms with Gasteiger partial charge in [-0.05, 0) is 55.3 Å². The van der Waals surface area contributed by atoms with E-state index in [1.165, 1.54) is 30.4 Å². The van der Waals surface area contributed by atoms with E-state index in [1.807, 2.05) is 29.6 Å². The van der Waals surface area contributed by atoms with Crippen LogP contribution in [0.3, 0.4) is 0 Å². The summed E-state index contributed by atoms with van der Waals surface area (Å²) in [6.45, 7) is 4.19. The first-order valence-corrected chi connectivity index (χ1v) is 11.4. The molecule has 30 heavy (non-hydrogen) atoms. The molecule has 1 aliphatic heterocycles. The number of nitrogens with zero attached hydrogens (tertiary/aromatic N) is 2. The largest absolute Gasteiger partial charge is 0.487 e. The molecule has 0 radical (unpaired) electrons. The summed E-state index contributed by atoms with van der Waals surface area (Å²) >= 11 is 1.54. The molecule has 0 aliphatic carbocycles. The minimum absolute atomic E-state index is 0.0955. The van der Waals surface area contributed by atoms with E-state index in [2.05, 4.69) is 33.4 Å². The van der Waals surface area contributed by atoms with Crippen LogP contribution in [-0.4, -0.2) is 28.9 Å². The number of nitrogens with one attached hydrogen (secondary N) is 1. The van der Waals surface area contributed by atoms with E-state index in [0.29, 0.717) is 24.5 Å². The molecule has 0 bridgehead atoms. The topological polar surface area (TPSA) is 54.5 Å². The highest BCUT2D eigenvalue weighted by molar-refractivity contribution is 7.07. The van der Waals surface area contributed by atoms with Crippen LogP contribution in [0.15, 0.2) is 59.4 Å². The number of likely N-dealkylation sites (tertiary alicyclic amines) is 1. The number of hydrogen-bond acceptors (Lipinski definition) is 5. The molecule has 6 heteroatoms. The average molecular weight is 422 g/mol. The highest BCUT2D eigenvalue weighted by atomic mass is 32.1. The summed E-state index contributed by atoms with van der Waals surface area (Å²) in [6.07, 6.45) is 3.89. The number of aromatic nitrogens is 1. The van der Waals surface area contributed by atoms with E-state index in [1.54, 1.807) is 22.9 Å². The third-order valence-corrected chi connectivity index (χ3v) is 6.00. The van der Waals surface area contributed by atoms with Crippen molar-refractivity contribution in [2.45, 2.75) is 39.0 Å². The molecular formula is C24H27N3O2S. The molecule has 0 saturated carbocycles. The number of amides is 1.